The predicted octanol–water partition coefficient (Wildman–Crippen LogP) is 2.76. The first-order valence-corrected chi connectivity index (χ1v) is 4.90. The Hall–Kier alpha value is -2.03. The second-order valence-corrected chi connectivity index (χ2v) is 3.56. The van der Waals surface area contributed by atoms with Crippen molar-refractivity contribution in [2.45, 2.75) is 6.92 Å². The summed E-state index contributed by atoms with van der Waals surface area (Å²) in [6.07, 6.45) is 1.04. The summed E-state index contributed by atoms with van der Waals surface area (Å²) >= 11 is 0. The maximum atomic E-state index is 12.6. The summed E-state index contributed by atoms with van der Waals surface area (Å²) in [6, 6.07) is 9.81. The molecule has 80 valence electrons. The van der Waals surface area contributed by atoms with E-state index in [1.807, 2.05) is 19.1 Å². The summed E-state index contributed by atoms with van der Waals surface area (Å²) in [6.45, 7) is 1.95. The van der Waals surface area contributed by atoms with Gasteiger partial charge >= 0.3 is 0 Å². The second kappa shape index (κ2) is 4.23. The molecule has 0 atom stereocenters. The van der Waals surface area contributed by atoms with Crippen molar-refractivity contribution in [3.63, 3.8) is 0 Å². The molecular formula is C13H10FNO. The highest BCUT2D eigenvalue weighted by molar-refractivity contribution is 6.07. The van der Waals surface area contributed by atoms with E-state index in [-0.39, 0.29) is 11.5 Å². The molecular weight excluding hydrogens is 205 g/mol. The van der Waals surface area contributed by atoms with Gasteiger partial charge in [-0.25, -0.2) is 9.37 Å². The van der Waals surface area contributed by atoms with Crippen molar-refractivity contribution in [3.8, 4) is 0 Å². The van der Waals surface area contributed by atoms with Crippen LogP contribution in [-0.4, -0.2) is 10.8 Å². The number of benzene rings is 1. The number of aromatic nitrogens is 1. The van der Waals surface area contributed by atoms with Crippen LogP contribution >= 0.6 is 0 Å². The van der Waals surface area contributed by atoms with Gasteiger partial charge in [-0.3, -0.25) is 4.79 Å². The van der Waals surface area contributed by atoms with Gasteiger partial charge in [0.2, 0.25) is 5.78 Å². The normalized spacial score (nSPS) is 10.1. The summed E-state index contributed by atoms with van der Waals surface area (Å²) in [5.74, 6) is -0.638. The lowest BCUT2D eigenvalue weighted by atomic mass is 10.1. The van der Waals surface area contributed by atoms with Crippen LogP contribution in [0.2, 0.25) is 0 Å². The van der Waals surface area contributed by atoms with Crippen LogP contribution in [-0.2, 0) is 0 Å². The SMILES string of the molecule is Cc1ccc(C(=O)c2ccc(F)cn2)cc1. The Labute approximate surface area is 92.8 Å². The quantitative estimate of drug-likeness (QED) is 0.721. The fraction of sp³-hybridized carbons (Fsp3) is 0.0769. The van der Waals surface area contributed by atoms with E-state index in [2.05, 4.69) is 4.98 Å². The fourth-order valence-electron chi connectivity index (χ4n) is 1.36. The Morgan fingerprint density at radius 2 is 1.81 bits per heavy atom. The second-order valence-electron chi connectivity index (χ2n) is 3.56. The molecule has 3 heteroatoms. The number of halogens is 1. The third-order valence-corrected chi connectivity index (χ3v) is 2.27. The van der Waals surface area contributed by atoms with E-state index in [9.17, 15) is 9.18 Å². The van der Waals surface area contributed by atoms with Crippen LogP contribution < -0.4 is 0 Å². The van der Waals surface area contributed by atoms with Crippen molar-refractivity contribution in [2.24, 2.45) is 0 Å². The lowest BCUT2D eigenvalue weighted by Gasteiger charge is -2.00. The lowest BCUT2D eigenvalue weighted by Crippen LogP contribution is -2.03. The molecule has 0 fully saturated rings. The first-order chi connectivity index (χ1) is 7.66. The molecule has 0 saturated carbocycles. The van der Waals surface area contributed by atoms with Crippen molar-refractivity contribution in [1.29, 1.82) is 0 Å². The van der Waals surface area contributed by atoms with Gasteiger partial charge in [0, 0.05) is 5.56 Å². The molecule has 16 heavy (non-hydrogen) atoms. The molecule has 0 amide bonds. The van der Waals surface area contributed by atoms with Gasteiger partial charge in [-0.05, 0) is 19.1 Å². The zero-order chi connectivity index (χ0) is 11.5. The number of carbonyl (C=O) groups excluding carboxylic acids is 1. The van der Waals surface area contributed by atoms with Crippen molar-refractivity contribution in [1.82, 2.24) is 4.98 Å². The number of ketones is 1. The van der Waals surface area contributed by atoms with E-state index in [1.165, 1.54) is 12.1 Å². The minimum Gasteiger partial charge on any atom is -0.287 e. The number of hydrogen-bond acceptors (Lipinski definition) is 2. The molecule has 0 unspecified atom stereocenters. The molecule has 2 aromatic rings. The molecule has 2 nitrogen and oxygen atoms in total. The molecule has 0 radical (unpaired) electrons. The van der Waals surface area contributed by atoms with E-state index in [0.717, 1.165) is 11.8 Å². The Morgan fingerprint density at radius 3 is 2.38 bits per heavy atom. The number of nitrogens with zero attached hydrogens (tertiary/aromatic N) is 1. The first-order valence-electron chi connectivity index (χ1n) is 4.90. The van der Waals surface area contributed by atoms with E-state index in [0.29, 0.717) is 5.56 Å². The zero-order valence-electron chi connectivity index (χ0n) is 8.77. The molecule has 0 aliphatic carbocycles. The largest absolute Gasteiger partial charge is 0.287 e. The monoisotopic (exact) mass is 215 g/mol. The summed E-state index contributed by atoms with van der Waals surface area (Å²) in [5.41, 5.74) is 1.90. The third kappa shape index (κ3) is 2.14. The van der Waals surface area contributed by atoms with Gasteiger partial charge in [0.05, 0.1) is 6.20 Å². The lowest BCUT2D eigenvalue weighted by molar-refractivity contribution is 0.103. The molecule has 1 heterocycles. The topological polar surface area (TPSA) is 30.0 Å². The van der Waals surface area contributed by atoms with Crippen LogP contribution in [0.3, 0.4) is 0 Å². The van der Waals surface area contributed by atoms with Gasteiger partial charge in [-0.1, -0.05) is 29.8 Å². The number of pyridine rings is 1. The van der Waals surface area contributed by atoms with Crippen molar-refractivity contribution < 1.29 is 9.18 Å². The van der Waals surface area contributed by atoms with Crippen LogP contribution in [0.25, 0.3) is 0 Å². The summed E-state index contributed by atoms with van der Waals surface area (Å²) in [4.78, 5) is 15.6. The number of aryl methyl sites for hydroxylation is 1. The highest BCUT2D eigenvalue weighted by Gasteiger charge is 2.09. The molecule has 0 bridgehead atoms. The van der Waals surface area contributed by atoms with E-state index in [4.69, 9.17) is 0 Å². The van der Waals surface area contributed by atoms with Crippen LogP contribution in [0, 0.1) is 12.7 Å². The highest BCUT2D eigenvalue weighted by atomic mass is 19.1. The smallest absolute Gasteiger partial charge is 0.211 e. The first kappa shape index (κ1) is 10.5. The molecule has 1 aromatic carbocycles. The Balaban J connectivity index is 2.32. The third-order valence-electron chi connectivity index (χ3n) is 2.27. The molecule has 0 saturated heterocycles. The Kier molecular flexibility index (Phi) is 2.77. The summed E-state index contributed by atoms with van der Waals surface area (Å²) < 4.78 is 12.6. The number of carbonyl (C=O) groups is 1. The molecule has 0 N–H and O–H groups in total. The van der Waals surface area contributed by atoms with Gasteiger partial charge in [0.25, 0.3) is 0 Å². The number of rotatable bonds is 2. The van der Waals surface area contributed by atoms with Crippen molar-refractivity contribution in [3.05, 3.63) is 65.2 Å². The van der Waals surface area contributed by atoms with Crippen LogP contribution in [0.4, 0.5) is 4.39 Å². The zero-order valence-corrected chi connectivity index (χ0v) is 8.77. The van der Waals surface area contributed by atoms with Gasteiger partial charge in [-0.15, -0.1) is 0 Å². The molecule has 0 aliphatic heterocycles. The minimum atomic E-state index is -0.444. The average molecular weight is 215 g/mol. The standard InChI is InChI=1S/C13H10FNO/c1-9-2-4-10(5-3-9)13(16)12-7-6-11(14)8-15-12/h2-8H,1H3. The van der Waals surface area contributed by atoms with Crippen LogP contribution in [0.1, 0.15) is 21.6 Å². The molecule has 0 spiro atoms. The summed E-state index contributed by atoms with van der Waals surface area (Å²) in [7, 11) is 0. The summed E-state index contributed by atoms with van der Waals surface area (Å²) in [5, 5.41) is 0. The highest BCUT2D eigenvalue weighted by Crippen LogP contribution is 2.09. The maximum Gasteiger partial charge on any atom is 0.211 e. The van der Waals surface area contributed by atoms with Crippen molar-refractivity contribution in [2.75, 3.05) is 0 Å². The van der Waals surface area contributed by atoms with E-state index >= 15 is 0 Å². The van der Waals surface area contributed by atoms with Crippen molar-refractivity contribution >= 4 is 5.78 Å². The predicted molar refractivity (Wildman–Crippen MR) is 58.8 cm³/mol. The molecule has 1 aromatic heterocycles. The van der Waals surface area contributed by atoms with Gasteiger partial charge in [0.1, 0.15) is 11.5 Å². The molecule has 2 rings (SSSR count). The minimum absolute atomic E-state index is 0.194. The van der Waals surface area contributed by atoms with Gasteiger partial charge < -0.3 is 0 Å². The van der Waals surface area contributed by atoms with E-state index < -0.39 is 5.82 Å². The van der Waals surface area contributed by atoms with Crippen LogP contribution in [0.15, 0.2) is 42.6 Å². The Bertz CT molecular complexity index is 455. The number of hydrogen-bond donors (Lipinski definition) is 0. The molecule has 0 aliphatic rings. The Morgan fingerprint density at radius 1 is 1.12 bits per heavy atom. The fourth-order valence-corrected chi connectivity index (χ4v) is 1.36. The maximum absolute atomic E-state index is 12.6. The van der Waals surface area contributed by atoms with Gasteiger partial charge in [0.15, 0.2) is 0 Å². The van der Waals surface area contributed by atoms with Crippen LogP contribution in [0.5, 0.6) is 0 Å². The average Bonchev–Trinajstić information content (AvgIpc) is 2.30. The van der Waals surface area contributed by atoms with Gasteiger partial charge in [-0.2, -0.15) is 0 Å². The van der Waals surface area contributed by atoms with E-state index in [1.54, 1.807) is 12.1 Å².